The second-order valence-corrected chi connectivity index (χ2v) is 3.08. The first-order valence-electron chi connectivity index (χ1n) is 3.76. The van der Waals surface area contributed by atoms with Crippen molar-refractivity contribution >= 4 is 15.8 Å². The molecule has 0 amide bonds. The van der Waals surface area contributed by atoms with Gasteiger partial charge >= 0.3 is 0 Å². The normalized spacial score (nSPS) is 11.4. The van der Waals surface area contributed by atoms with Crippen molar-refractivity contribution in [2.24, 2.45) is 0 Å². The van der Waals surface area contributed by atoms with Crippen LogP contribution in [-0.2, 0) is 4.43 Å². The summed E-state index contributed by atoms with van der Waals surface area (Å²) in [6, 6.07) is 10.1. The molecule has 0 fully saturated rings. The standard InChI is InChI=1S/C9H12OSi/c1-11-10-8-7-9-5-3-2-4-6-9/h2-8H,11H2,1H3. The van der Waals surface area contributed by atoms with Crippen LogP contribution in [0.15, 0.2) is 36.6 Å². The maximum Gasteiger partial charge on any atom is 0.215 e. The highest BCUT2D eigenvalue weighted by Gasteiger charge is 1.80. The molecule has 0 aromatic heterocycles. The molecule has 0 atom stereocenters. The van der Waals surface area contributed by atoms with Gasteiger partial charge in [0.2, 0.25) is 9.76 Å². The molecule has 58 valence electrons. The first kappa shape index (κ1) is 8.08. The fourth-order valence-electron chi connectivity index (χ4n) is 0.787. The number of hydrogen-bond donors (Lipinski definition) is 0. The summed E-state index contributed by atoms with van der Waals surface area (Å²) in [5, 5.41) is 0. The molecule has 0 heterocycles. The minimum atomic E-state index is -0.289. The van der Waals surface area contributed by atoms with Gasteiger partial charge in [-0.3, -0.25) is 0 Å². The molecule has 0 unspecified atom stereocenters. The van der Waals surface area contributed by atoms with E-state index in [-0.39, 0.29) is 9.76 Å². The Kier molecular flexibility index (Phi) is 3.48. The highest BCUT2D eigenvalue weighted by Crippen LogP contribution is 2.00. The van der Waals surface area contributed by atoms with E-state index in [2.05, 4.69) is 18.7 Å². The third-order valence-corrected chi connectivity index (χ3v) is 1.85. The minimum absolute atomic E-state index is 0.289. The largest absolute Gasteiger partial charge is 0.555 e. The van der Waals surface area contributed by atoms with Gasteiger partial charge in [-0.1, -0.05) is 30.3 Å². The Hall–Kier alpha value is -1.02. The topological polar surface area (TPSA) is 9.23 Å². The van der Waals surface area contributed by atoms with Gasteiger partial charge in [-0.05, 0) is 18.2 Å². The third kappa shape index (κ3) is 3.05. The maximum atomic E-state index is 5.20. The molecule has 0 aliphatic carbocycles. The lowest BCUT2D eigenvalue weighted by Crippen LogP contribution is -1.81. The van der Waals surface area contributed by atoms with Crippen molar-refractivity contribution in [3.8, 4) is 0 Å². The van der Waals surface area contributed by atoms with Gasteiger partial charge in [0.05, 0.1) is 6.26 Å². The smallest absolute Gasteiger partial charge is 0.215 e. The summed E-state index contributed by atoms with van der Waals surface area (Å²) in [7, 11) is -0.289. The van der Waals surface area contributed by atoms with Crippen LogP contribution >= 0.6 is 0 Å². The average molecular weight is 164 g/mol. The zero-order chi connectivity index (χ0) is 7.94. The van der Waals surface area contributed by atoms with Gasteiger partial charge in [-0.15, -0.1) is 0 Å². The third-order valence-electron chi connectivity index (χ3n) is 1.32. The van der Waals surface area contributed by atoms with Crippen molar-refractivity contribution in [1.29, 1.82) is 0 Å². The van der Waals surface area contributed by atoms with Gasteiger partial charge in [0.15, 0.2) is 0 Å². The molecule has 0 saturated heterocycles. The molecule has 1 aromatic carbocycles. The first-order chi connectivity index (χ1) is 5.43. The van der Waals surface area contributed by atoms with Crippen molar-refractivity contribution < 1.29 is 4.43 Å². The van der Waals surface area contributed by atoms with Crippen molar-refractivity contribution in [1.82, 2.24) is 0 Å². The van der Waals surface area contributed by atoms with Gasteiger partial charge in [0.1, 0.15) is 0 Å². The minimum Gasteiger partial charge on any atom is -0.555 e. The van der Waals surface area contributed by atoms with E-state index in [0.29, 0.717) is 0 Å². The molecule has 11 heavy (non-hydrogen) atoms. The Morgan fingerprint density at radius 3 is 2.64 bits per heavy atom. The molecule has 0 N–H and O–H groups in total. The Labute approximate surface area is 69.6 Å². The van der Waals surface area contributed by atoms with Gasteiger partial charge < -0.3 is 4.43 Å². The van der Waals surface area contributed by atoms with Crippen LogP contribution in [0.3, 0.4) is 0 Å². The molecular weight excluding hydrogens is 152 g/mol. The Morgan fingerprint density at radius 1 is 1.27 bits per heavy atom. The van der Waals surface area contributed by atoms with Crippen LogP contribution in [0.2, 0.25) is 6.55 Å². The number of hydrogen-bond acceptors (Lipinski definition) is 1. The molecule has 1 aromatic rings. The van der Waals surface area contributed by atoms with Gasteiger partial charge in [-0.2, -0.15) is 0 Å². The molecule has 2 heteroatoms. The Morgan fingerprint density at radius 2 is 2.00 bits per heavy atom. The lowest BCUT2D eigenvalue weighted by molar-refractivity contribution is 0.524. The van der Waals surface area contributed by atoms with Crippen molar-refractivity contribution in [3.05, 3.63) is 42.2 Å². The molecule has 0 radical (unpaired) electrons. The molecule has 1 nitrogen and oxygen atoms in total. The molecule has 0 saturated carbocycles. The Balaban J connectivity index is 2.50. The van der Waals surface area contributed by atoms with E-state index in [9.17, 15) is 0 Å². The summed E-state index contributed by atoms with van der Waals surface area (Å²) in [4.78, 5) is 0. The quantitative estimate of drug-likeness (QED) is 0.489. The van der Waals surface area contributed by atoms with Crippen LogP contribution in [0.4, 0.5) is 0 Å². The summed E-state index contributed by atoms with van der Waals surface area (Å²) in [6.45, 7) is 2.11. The van der Waals surface area contributed by atoms with E-state index < -0.39 is 0 Å². The summed E-state index contributed by atoms with van der Waals surface area (Å²) in [5.74, 6) is 0. The van der Waals surface area contributed by atoms with Gasteiger partial charge in [-0.25, -0.2) is 0 Å². The monoisotopic (exact) mass is 164 g/mol. The SMILES string of the molecule is C[SiH2]OC=Cc1ccccc1. The van der Waals surface area contributed by atoms with E-state index in [4.69, 9.17) is 4.43 Å². The molecule has 0 aliphatic heterocycles. The van der Waals surface area contributed by atoms with E-state index in [1.807, 2.05) is 24.3 Å². The van der Waals surface area contributed by atoms with Crippen molar-refractivity contribution in [3.63, 3.8) is 0 Å². The molecule has 0 spiro atoms. The summed E-state index contributed by atoms with van der Waals surface area (Å²) < 4.78 is 5.20. The highest BCUT2D eigenvalue weighted by atomic mass is 28.2. The predicted molar refractivity (Wildman–Crippen MR) is 51.0 cm³/mol. The molecule has 0 bridgehead atoms. The van der Waals surface area contributed by atoms with Crippen molar-refractivity contribution in [2.75, 3.05) is 0 Å². The lowest BCUT2D eigenvalue weighted by Gasteiger charge is -1.93. The molecular formula is C9H12OSi. The summed E-state index contributed by atoms with van der Waals surface area (Å²) in [6.07, 6.45) is 3.76. The van der Waals surface area contributed by atoms with Gasteiger partial charge in [0.25, 0.3) is 0 Å². The van der Waals surface area contributed by atoms with E-state index in [1.54, 1.807) is 6.26 Å². The van der Waals surface area contributed by atoms with Gasteiger partial charge in [0, 0.05) is 0 Å². The Bertz CT molecular complexity index is 218. The fraction of sp³-hybridized carbons (Fsp3) is 0.111. The summed E-state index contributed by atoms with van der Waals surface area (Å²) in [5.41, 5.74) is 1.19. The van der Waals surface area contributed by atoms with Crippen LogP contribution in [0, 0.1) is 0 Å². The van der Waals surface area contributed by atoms with Crippen molar-refractivity contribution in [2.45, 2.75) is 6.55 Å². The maximum absolute atomic E-state index is 5.20. The summed E-state index contributed by atoms with van der Waals surface area (Å²) >= 11 is 0. The van der Waals surface area contributed by atoms with Crippen LogP contribution < -0.4 is 0 Å². The van der Waals surface area contributed by atoms with E-state index >= 15 is 0 Å². The average Bonchev–Trinajstić information content (AvgIpc) is 2.07. The number of rotatable bonds is 3. The van der Waals surface area contributed by atoms with Crippen LogP contribution in [0.25, 0.3) is 6.08 Å². The molecule has 0 aliphatic rings. The number of benzene rings is 1. The van der Waals surface area contributed by atoms with E-state index in [1.165, 1.54) is 5.56 Å². The zero-order valence-corrected chi connectivity index (χ0v) is 8.07. The highest BCUT2D eigenvalue weighted by molar-refractivity contribution is 6.25. The molecule has 1 rings (SSSR count). The lowest BCUT2D eigenvalue weighted by atomic mass is 10.2. The first-order valence-corrected chi connectivity index (χ1v) is 5.76. The van der Waals surface area contributed by atoms with Crippen LogP contribution in [0.5, 0.6) is 0 Å². The fourth-order valence-corrected chi connectivity index (χ4v) is 1.08. The predicted octanol–water partition coefficient (Wildman–Crippen LogP) is 1.81. The van der Waals surface area contributed by atoms with Crippen LogP contribution in [-0.4, -0.2) is 9.76 Å². The van der Waals surface area contributed by atoms with Crippen LogP contribution in [0.1, 0.15) is 5.56 Å². The van der Waals surface area contributed by atoms with E-state index in [0.717, 1.165) is 0 Å². The second kappa shape index (κ2) is 4.74. The second-order valence-electron chi connectivity index (χ2n) is 2.17. The zero-order valence-electron chi connectivity index (χ0n) is 6.66.